The highest BCUT2D eigenvalue weighted by Gasteiger charge is 2.45. The van der Waals surface area contributed by atoms with E-state index < -0.39 is 5.60 Å². The van der Waals surface area contributed by atoms with Gasteiger partial charge in [-0.2, -0.15) is 0 Å². The minimum absolute atomic E-state index is 0.0916. The normalized spacial score (nSPS) is 25.8. The number of hydrogen-bond donors (Lipinski definition) is 1. The summed E-state index contributed by atoms with van der Waals surface area (Å²) in [5.74, 6) is -0.593. The van der Waals surface area contributed by atoms with E-state index in [-0.39, 0.29) is 35.3 Å². The summed E-state index contributed by atoms with van der Waals surface area (Å²) in [5.41, 5.74) is 1.11. The first kappa shape index (κ1) is 28.2. The Hall–Kier alpha value is -2.94. The number of imide groups is 1. The third-order valence-electron chi connectivity index (χ3n) is 9.36. The molecule has 9 heteroatoms. The summed E-state index contributed by atoms with van der Waals surface area (Å²) < 4.78 is 5.83. The van der Waals surface area contributed by atoms with Gasteiger partial charge in [-0.1, -0.05) is 29.8 Å². The smallest absolute Gasteiger partial charge is 0.263 e. The van der Waals surface area contributed by atoms with Crippen molar-refractivity contribution in [1.29, 1.82) is 0 Å². The second kappa shape index (κ2) is 10.7. The summed E-state index contributed by atoms with van der Waals surface area (Å²) in [4.78, 5) is 46.3. The Bertz CT molecular complexity index is 1350. The van der Waals surface area contributed by atoms with Crippen LogP contribution in [-0.2, 0) is 15.1 Å². The summed E-state index contributed by atoms with van der Waals surface area (Å²) >= 11 is 6.02. The number of amides is 3. The second-order valence-corrected chi connectivity index (χ2v) is 13.0. The molecule has 0 aromatic heterocycles. The molecule has 3 saturated heterocycles. The van der Waals surface area contributed by atoms with Crippen molar-refractivity contribution in [3.05, 3.63) is 64.2 Å². The van der Waals surface area contributed by atoms with Crippen molar-refractivity contribution < 1.29 is 24.2 Å². The van der Waals surface area contributed by atoms with Crippen LogP contribution in [0.4, 0.5) is 5.69 Å². The molecule has 3 fully saturated rings. The molecule has 3 amide bonds. The SMILES string of the molecule is CC1(C)C[C@@H](N2C(=O)c3cccc(N4CCC[C@@H](C(=O)N5CCC(O)(c6ccc(Cl)cc6)CC5)C4)c3C2=O)CCO1. The average molecular weight is 580 g/mol. The first-order valence-electron chi connectivity index (χ1n) is 14.7. The summed E-state index contributed by atoms with van der Waals surface area (Å²) in [7, 11) is 0. The van der Waals surface area contributed by atoms with E-state index in [0.717, 1.165) is 30.6 Å². The zero-order chi connectivity index (χ0) is 28.9. The number of fused-ring (bicyclic) bond motifs is 1. The van der Waals surface area contributed by atoms with Crippen LogP contribution in [0.5, 0.6) is 0 Å². The van der Waals surface area contributed by atoms with Gasteiger partial charge in [0.2, 0.25) is 5.91 Å². The lowest BCUT2D eigenvalue weighted by atomic mass is 9.84. The number of anilines is 1. The van der Waals surface area contributed by atoms with Gasteiger partial charge in [-0.3, -0.25) is 19.3 Å². The van der Waals surface area contributed by atoms with Gasteiger partial charge >= 0.3 is 0 Å². The molecule has 6 rings (SSSR count). The Balaban J connectivity index is 1.15. The predicted molar refractivity (Wildman–Crippen MR) is 156 cm³/mol. The molecule has 2 aromatic rings. The third-order valence-corrected chi connectivity index (χ3v) is 9.61. The van der Waals surface area contributed by atoms with Gasteiger partial charge in [0, 0.05) is 43.9 Å². The molecule has 0 spiro atoms. The third kappa shape index (κ3) is 5.26. The van der Waals surface area contributed by atoms with E-state index in [9.17, 15) is 19.5 Å². The molecule has 1 N–H and O–H groups in total. The lowest BCUT2D eigenvalue weighted by molar-refractivity contribution is -0.140. The summed E-state index contributed by atoms with van der Waals surface area (Å²) in [6, 6.07) is 12.6. The number of carbonyl (C=O) groups is 3. The van der Waals surface area contributed by atoms with Crippen LogP contribution in [0.1, 0.15) is 78.7 Å². The van der Waals surface area contributed by atoms with Crippen LogP contribution in [0, 0.1) is 5.92 Å². The van der Waals surface area contributed by atoms with E-state index in [1.54, 1.807) is 18.2 Å². The molecule has 4 heterocycles. The van der Waals surface area contributed by atoms with E-state index in [4.69, 9.17) is 16.3 Å². The molecule has 4 aliphatic heterocycles. The number of halogens is 1. The zero-order valence-electron chi connectivity index (χ0n) is 23.8. The van der Waals surface area contributed by atoms with Crippen LogP contribution in [0.25, 0.3) is 0 Å². The molecule has 0 bridgehead atoms. The number of carbonyl (C=O) groups excluding carboxylic acids is 3. The highest BCUT2D eigenvalue weighted by atomic mass is 35.5. The Morgan fingerprint density at radius 3 is 2.44 bits per heavy atom. The van der Waals surface area contributed by atoms with E-state index in [1.807, 2.05) is 43.0 Å². The number of piperidine rings is 2. The average Bonchev–Trinajstić information content (AvgIpc) is 3.22. The Morgan fingerprint density at radius 2 is 1.73 bits per heavy atom. The number of ether oxygens (including phenoxy) is 1. The molecule has 2 aromatic carbocycles. The van der Waals surface area contributed by atoms with Gasteiger partial charge in [-0.05, 0) is 82.2 Å². The van der Waals surface area contributed by atoms with E-state index in [0.29, 0.717) is 68.1 Å². The van der Waals surface area contributed by atoms with Gasteiger partial charge in [0.05, 0.1) is 33.9 Å². The van der Waals surface area contributed by atoms with Crippen LogP contribution < -0.4 is 4.90 Å². The fourth-order valence-corrected chi connectivity index (χ4v) is 7.23. The monoisotopic (exact) mass is 579 g/mol. The lowest BCUT2D eigenvalue weighted by Crippen LogP contribution is -2.50. The van der Waals surface area contributed by atoms with E-state index in [2.05, 4.69) is 4.90 Å². The molecule has 218 valence electrons. The minimum Gasteiger partial charge on any atom is -0.385 e. The maximum Gasteiger partial charge on any atom is 0.263 e. The number of nitrogens with zero attached hydrogens (tertiary/aromatic N) is 3. The molecule has 8 nitrogen and oxygen atoms in total. The fraction of sp³-hybridized carbons (Fsp3) is 0.531. The van der Waals surface area contributed by atoms with Crippen molar-refractivity contribution in [1.82, 2.24) is 9.80 Å². The number of likely N-dealkylation sites (tertiary alicyclic amines) is 1. The van der Waals surface area contributed by atoms with Crippen LogP contribution in [0.2, 0.25) is 5.02 Å². The van der Waals surface area contributed by atoms with Gasteiger partial charge in [0.15, 0.2) is 0 Å². The van der Waals surface area contributed by atoms with Crippen LogP contribution in [0.15, 0.2) is 42.5 Å². The minimum atomic E-state index is -0.969. The number of hydrogen-bond acceptors (Lipinski definition) is 6. The topological polar surface area (TPSA) is 90.4 Å². The Labute approximate surface area is 246 Å². The van der Waals surface area contributed by atoms with Crippen molar-refractivity contribution in [2.75, 3.05) is 37.7 Å². The van der Waals surface area contributed by atoms with Crippen LogP contribution in [0.3, 0.4) is 0 Å². The molecule has 0 aliphatic carbocycles. The van der Waals surface area contributed by atoms with Crippen LogP contribution in [-0.4, -0.2) is 77.1 Å². The molecule has 4 aliphatic rings. The van der Waals surface area contributed by atoms with Gasteiger partial charge in [0.1, 0.15) is 0 Å². The quantitative estimate of drug-likeness (QED) is 0.532. The lowest BCUT2D eigenvalue weighted by Gasteiger charge is -2.41. The van der Waals surface area contributed by atoms with Crippen molar-refractivity contribution in [2.24, 2.45) is 5.92 Å². The molecule has 0 saturated carbocycles. The van der Waals surface area contributed by atoms with Gasteiger partial charge < -0.3 is 19.6 Å². The maximum absolute atomic E-state index is 13.8. The van der Waals surface area contributed by atoms with E-state index >= 15 is 0 Å². The Kier molecular flexibility index (Phi) is 7.37. The maximum atomic E-state index is 13.8. The van der Waals surface area contributed by atoms with Gasteiger partial charge in [0.25, 0.3) is 11.8 Å². The van der Waals surface area contributed by atoms with Crippen molar-refractivity contribution in [3.63, 3.8) is 0 Å². The van der Waals surface area contributed by atoms with Crippen molar-refractivity contribution in [2.45, 2.75) is 69.6 Å². The fourth-order valence-electron chi connectivity index (χ4n) is 7.10. The summed E-state index contributed by atoms with van der Waals surface area (Å²) in [5, 5.41) is 11.9. The summed E-state index contributed by atoms with van der Waals surface area (Å²) in [6.45, 7) is 6.70. The first-order chi connectivity index (χ1) is 19.6. The van der Waals surface area contributed by atoms with Gasteiger partial charge in [-0.15, -0.1) is 0 Å². The molecular weight excluding hydrogens is 542 g/mol. The highest BCUT2D eigenvalue weighted by molar-refractivity contribution is 6.30. The molecule has 0 radical (unpaired) electrons. The molecule has 2 atom stereocenters. The largest absolute Gasteiger partial charge is 0.385 e. The number of aliphatic hydroxyl groups is 1. The van der Waals surface area contributed by atoms with E-state index in [1.165, 1.54) is 4.90 Å². The van der Waals surface area contributed by atoms with Crippen molar-refractivity contribution >= 4 is 35.0 Å². The number of rotatable bonds is 4. The standard InChI is InChI=1S/C32H38ClN3O5/c1-31(2)19-24(12-18-41-31)36-29(38)25-6-3-7-26(27(25)30(36)39)35-15-4-5-21(20-35)28(37)34-16-13-32(40,14-17-34)22-8-10-23(33)11-9-22/h3,6-11,21,24,40H,4-5,12-20H2,1-2H3/t21-,24+/m1/s1. The highest BCUT2D eigenvalue weighted by Crippen LogP contribution is 2.39. The Morgan fingerprint density at radius 1 is 1.00 bits per heavy atom. The van der Waals surface area contributed by atoms with Crippen molar-refractivity contribution in [3.8, 4) is 0 Å². The number of benzene rings is 2. The van der Waals surface area contributed by atoms with Crippen LogP contribution >= 0.6 is 11.6 Å². The van der Waals surface area contributed by atoms with Gasteiger partial charge in [-0.25, -0.2) is 0 Å². The molecular formula is C32H38ClN3O5. The summed E-state index contributed by atoms with van der Waals surface area (Å²) in [6.07, 6.45) is 3.78. The molecule has 41 heavy (non-hydrogen) atoms. The predicted octanol–water partition coefficient (Wildman–Crippen LogP) is 4.62. The first-order valence-corrected chi connectivity index (χ1v) is 15.1. The second-order valence-electron chi connectivity index (χ2n) is 12.6. The zero-order valence-corrected chi connectivity index (χ0v) is 24.5. The molecule has 0 unspecified atom stereocenters.